The van der Waals surface area contributed by atoms with Crippen LogP contribution >= 0.6 is 0 Å². The summed E-state index contributed by atoms with van der Waals surface area (Å²) in [6.45, 7) is 5.88. The van der Waals surface area contributed by atoms with E-state index >= 15 is 0 Å². The van der Waals surface area contributed by atoms with Gasteiger partial charge in [0.05, 0.1) is 11.5 Å². The van der Waals surface area contributed by atoms with Gasteiger partial charge in [-0.15, -0.1) is 13.2 Å². The van der Waals surface area contributed by atoms with Crippen molar-refractivity contribution in [1.29, 1.82) is 0 Å². The number of benzene rings is 2. The minimum Gasteiger partial charge on any atom is -0.406 e. The zero-order valence-electron chi connectivity index (χ0n) is 25.6. The molecular weight excluding hydrogens is 597 g/mol. The van der Waals surface area contributed by atoms with Gasteiger partial charge in [0.25, 0.3) is 0 Å². The number of nitrogens with one attached hydrogen (secondary N) is 2. The Bertz CT molecular complexity index is 1410. The molecule has 0 fully saturated rings. The van der Waals surface area contributed by atoms with Crippen molar-refractivity contribution in [1.82, 2.24) is 10.6 Å². The number of hydrogen-bond donors (Lipinski definition) is 4. The van der Waals surface area contributed by atoms with Crippen LogP contribution in [0.1, 0.15) is 57.6 Å². The van der Waals surface area contributed by atoms with Gasteiger partial charge < -0.3 is 26.2 Å². The molecule has 0 saturated carbocycles. The maximum absolute atomic E-state index is 14.2. The molecule has 3 atom stereocenters. The zero-order chi connectivity index (χ0) is 33.4. The summed E-state index contributed by atoms with van der Waals surface area (Å²) in [5.74, 6) is -4.34. The second-order valence-corrected chi connectivity index (χ2v) is 11.4. The van der Waals surface area contributed by atoms with Gasteiger partial charge in [0, 0.05) is 37.2 Å². The molecule has 12 heteroatoms. The van der Waals surface area contributed by atoms with Crippen LogP contribution in [0.2, 0.25) is 0 Å². The number of nitrogens with two attached hydrogens (primary N) is 1. The largest absolute Gasteiger partial charge is 0.573 e. The van der Waals surface area contributed by atoms with Crippen LogP contribution in [0.5, 0.6) is 5.75 Å². The fourth-order valence-electron chi connectivity index (χ4n) is 5.90. The molecule has 7 nitrogen and oxygen atoms in total. The topological polar surface area (TPSA) is 114 Å². The first-order valence-corrected chi connectivity index (χ1v) is 14.9. The highest BCUT2D eigenvalue weighted by molar-refractivity contribution is 5.98. The molecule has 0 saturated heterocycles. The molecule has 0 radical (unpaired) electrons. The number of hydrogen-bond acceptors (Lipinski definition) is 5. The van der Waals surface area contributed by atoms with Crippen LogP contribution in [0.4, 0.5) is 22.0 Å². The number of ether oxygens (including phenoxy) is 1. The van der Waals surface area contributed by atoms with Crippen molar-refractivity contribution in [3.05, 3.63) is 88.0 Å². The summed E-state index contributed by atoms with van der Waals surface area (Å²) in [4.78, 5) is 26.8. The van der Waals surface area contributed by atoms with Crippen molar-refractivity contribution in [2.24, 2.45) is 17.1 Å². The molecule has 3 rings (SSSR count). The molecule has 1 aliphatic rings. The molecule has 0 spiro atoms. The van der Waals surface area contributed by atoms with Crippen LogP contribution in [0.15, 0.2) is 65.3 Å². The number of carbonyl (C=O) groups is 2. The van der Waals surface area contributed by atoms with Crippen molar-refractivity contribution in [3.8, 4) is 5.75 Å². The maximum Gasteiger partial charge on any atom is 0.573 e. The minimum absolute atomic E-state index is 0.0249. The summed E-state index contributed by atoms with van der Waals surface area (Å²) >= 11 is 0. The van der Waals surface area contributed by atoms with E-state index in [2.05, 4.69) is 15.4 Å². The fourth-order valence-corrected chi connectivity index (χ4v) is 5.90. The highest BCUT2D eigenvalue weighted by Crippen LogP contribution is 2.47. The first kappa shape index (κ1) is 35.7. The average Bonchev–Trinajstić information content (AvgIpc) is 2.94. The van der Waals surface area contributed by atoms with Crippen molar-refractivity contribution >= 4 is 11.8 Å². The molecule has 1 unspecified atom stereocenters. The van der Waals surface area contributed by atoms with Crippen LogP contribution in [0.25, 0.3) is 0 Å². The number of halogens is 5. The molecule has 0 bridgehead atoms. The number of alkyl halides is 3. The van der Waals surface area contributed by atoms with Crippen LogP contribution in [0, 0.1) is 23.0 Å². The summed E-state index contributed by atoms with van der Waals surface area (Å²) in [7, 11) is 0. The van der Waals surface area contributed by atoms with Crippen molar-refractivity contribution in [2.45, 2.75) is 71.9 Å². The van der Waals surface area contributed by atoms with Gasteiger partial charge in [-0.05, 0) is 73.6 Å². The molecule has 2 aromatic carbocycles. The molecular formula is C33H40F5N3O4. The van der Waals surface area contributed by atoms with E-state index in [1.54, 1.807) is 19.1 Å². The first-order chi connectivity index (χ1) is 21.2. The molecule has 0 heterocycles. The Balaban J connectivity index is 1.99. The van der Waals surface area contributed by atoms with E-state index < -0.39 is 47.1 Å². The third-order valence-electron chi connectivity index (χ3n) is 7.87. The first-order valence-electron chi connectivity index (χ1n) is 14.9. The SMILES string of the molecule is CCCNC(=O)C1=C(CCC)C(C)=CC(C(N)=O)([C@H](Cc2cc(F)cc(F)c2)[C@@H](O)CNCc2cccc(OC(F)(F)F)c2)C1. The van der Waals surface area contributed by atoms with Gasteiger partial charge in [0.2, 0.25) is 11.8 Å². The Kier molecular flexibility index (Phi) is 12.3. The lowest BCUT2D eigenvalue weighted by molar-refractivity contribution is -0.274. The van der Waals surface area contributed by atoms with Crippen LogP contribution in [-0.4, -0.2) is 42.5 Å². The quantitative estimate of drug-likeness (QED) is 0.190. The summed E-state index contributed by atoms with van der Waals surface area (Å²) in [6, 6.07) is 8.21. The van der Waals surface area contributed by atoms with Crippen molar-refractivity contribution in [3.63, 3.8) is 0 Å². The van der Waals surface area contributed by atoms with Crippen molar-refractivity contribution < 1.29 is 41.4 Å². The van der Waals surface area contributed by atoms with Gasteiger partial charge in [-0.3, -0.25) is 9.59 Å². The second-order valence-electron chi connectivity index (χ2n) is 11.4. The van der Waals surface area contributed by atoms with E-state index in [1.807, 2.05) is 13.8 Å². The minimum atomic E-state index is -4.86. The van der Waals surface area contributed by atoms with E-state index in [4.69, 9.17) is 5.73 Å². The lowest BCUT2D eigenvalue weighted by Gasteiger charge is -2.42. The third-order valence-corrected chi connectivity index (χ3v) is 7.87. The fraction of sp³-hybridized carbons (Fsp3) is 0.455. The Morgan fingerprint density at radius 2 is 1.76 bits per heavy atom. The van der Waals surface area contributed by atoms with Gasteiger partial charge in [0.1, 0.15) is 17.4 Å². The maximum atomic E-state index is 14.2. The van der Waals surface area contributed by atoms with E-state index in [-0.39, 0.29) is 37.4 Å². The van der Waals surface area contributed by atoms with Gasteiger partial charge in [-0.2, -0.15) is 0 Å². The monoisotopic (exact) mass is 637 g/mol. The normalized spacial score (nSPS) is 18.3. The van der Waals surface area contributed by atoms with E-state index in [0.717, 1.165) is 30.2 Å². The van der Waals surface area contributed by atoms with Gasteiger partial charge in [-0.25, -0.2) is 8.78 Å². The van der Waals surface area contributed by atoms with Gasteiger partial charge in [-0.1, -0.05) is 44.1 Å². The molecule has 2 amide bonds. The smallest absolute Gasteiger partial charge is 0.406 e. The number of carbonyl (C=O) groups excluding carboxylic acids is 2. The molecule has 45 heavy (non-hydrogen) atoms. The van der Waals surface area contributed by atoms with Crippen LogP contribution in [0.3, 0.4) is 0 Å². The number of aliphatic hydroxyl groups excluding tert-OH is 1. The number of rotatable bonds is 15. The second kappa shape index (κ2) is 15.5. The van der Waals surface area contributed by atoms with E-state index in [0.29, 0.717) is 42.2 Å². The third kappa shape index (κ3) is 9.61. The zero-order valence-corrected chi connectivity index (χ0v) is 25.6. The average molecular weight is 638 g/mol. The number of allylic oxidation sites excluding steroid dienone is 2. The molecule has 1 aliphatic carbocycles. The van der Waals surface area contributed by atoms with Gasteiger partial charge >= 0.3 is 6.36 Å². The summed E-state index contributed by atoms with van der Waals surface area (Å²) in [5.41, 5.74) is 6.80. The number of amides is 2. The number of primary amides is 1. The molecule has 0 aliphatic heterocycles. The van der Waals surface area contributed by atoms with Crippen LogP contribution in [-0.2, 0) is 22.6 Å². The molecule has 5 N–H and O–H groups in total. The lowest BCUT2D eigenvalue weighted by Crippen LogP contribution is -2.52. The molecule has 246 valence electrons. The summed E-state index contributed by atoms with van der Waals surface area (Å²) in [5, 5.41) is 17.4. The van der Waals surface area contributed by atoms with Crippen LogP contribution < -0.4 is 21.1 Å². The Morgan fingerprint density at radius 3 is 2.36 bits per heavy atom. The highest BCUT2D eigenvalue weighted by atomic mass is 19.4. The molecule has 2 aromatic rings. The predicted molar refractivity (Wildman–Crippen MR) is 160 cm³/mol. The Morgan fingerprint density at radius 1 is 1.07 bits per heavy atom. The van der Waals surface area contributed by atoms with E-state index in [1.165, 1.54) is 12.1 Å². The highest BCUT2D eigenvalue weighted by Gasteiger charge is 2.49. The summed E-state index contributed by atoms with van der Waals surface area (Å²) < 4.78 is 70.4. The lowest BCUT2D eigenvalue weighted by atomic mass is 9.62. The molecule has 0 aromatic heterocycles. The number of aliphatic hydroxyl groups is 1. The standard InChI is InChI=1S/C33H40F5N3O4/c1-4-7-26-20(3)16-32(31(39)44,17-27(26)30(43)41-10-5-2)28(14-22-11-23(34)15-24(35)12-22)29(42)19-40-18-21-8-6-9-25(13-21)45-33(36,37)38/h6,8-9,11-13,15-16,28-29,40,42H,4-5,7,10,14,17-19H2,1-3H3,(H2,39,44)(H,41,43)/t28-,29+,32?/m1/s1. The van der Waals surface area contributed by atoms with Gasteiger partial charge in [0.15, 0.2) is 0 Å². The Hall–Kier alpha value is -3.77. The summed E-state index contributed by atoms with van der Waals surface area (Å²) in [6.07, 6.45) is -2.91. The Labute approximate surface area is 259 Å². The van der Waals surface area contributed by atoms with E-state index in [9.17, 15) is 36.6 Å². The van der Waals surface area contributed by atoms with Crippen molar-refractivity contribution in [2.75, 3.05) is 13.1 Å². The predicted octanol–water partition coefficient (Wildman–Crippen LogP) is 5.62.